The molecule has 6 aliphatic rings. The first kappa shape index (κ1) is 52.7. The number of pyridine rings is 1. The van der Waals surface area contributed by atoms with Crippen LogP contribution in [-0.4, -0.2) is 137 Å². The molecule has 4 aromatic carbocycles. The van der Waals surface area contributed by atoms with Crippen LogP contribution in [0, 0.1) is 29.4 Å². The topological polar surface area (TPSA) is 172 Å². The summed E-state index contributed by atoms with van der Waals surface area (Å²) in [6.45, 7) is 10.1. The van der Waals surface area contributed by atoms with Gasteiger partial charge in [-0.1, -0.05) is 36.3 Å². The number of anilines is 2. The molecule has 12 rings (SSSR count). The van der Waals surface area contributed by atoms with E-state index in [4.69, 9.17) is 35.3 Å². The molecule has 3 atom stereocenters. The Bertz CT molecular complexity index is 3520. The van der Waals surface area contributed by atoms with Crippen LogP contribution in [0.25, 0.3) is 32.9 Å². The zero-order chi connectivity index (χ0) is 55.8. The number of methoxy groups -OCH3 is 1. The molecule has 5 fully saturated rings. The number of terminal acetylenes is 1. The van der Waals surface area contributed by atoms with Crippen LogP contribution in [-0.2, 0) is 32.2 Å². The predicted molar refractivity (Wildman–Crippen MR) is 295 cm³/mol. The van der Waals surface area contributed by atoms with Gasteiger partial charge in [-0.05, 0) is 118 Å². The van der Waals surface area contributed by atoms with Gasteiger partial charge in [0.2, 0.25) is 11.8 Å². The van der Waals surface area contributed by atoms with E-state index in [1.54, 1.807) is 23.1 Å². The minimum atomic E-state index is -0.773. The van der Waals surface area contributed by atoms with Crippen molar-refractivity contribution in [2.75, 3.05) is 70.1 Å². The molecule has 2 bridgehead atoms. The lowest BCUT2D eigenvalue weighted by Crippen LogP contribution is -2.57. The summed E-state index contributed by atoms with van der Waals surface area (Å²) in [5.74, 6) is 1.28. The van der Waals surface area contributed by atoms with Crippen molar-refractivity contribution in [3.05, 3.63) is 112 Å². The quantitative estimate of drug-likeness (QED) is 0.0591. The number of aromatic nitrogens is 3. The van der Waals surface area contributed by atoms with Crippen LogP contribution in [0.3, 0.4) is 0 Å². The third kappa shape index (κ3) is 10.1. The number of nitrogens with one attached hydrogen (secondary N) is 1. The number of halogens is 2. The Kier molecular flexibility index (Phi) is 13.6. The summed E-state index contributed by atoms with van der Waals surface area (Å²) in [7, 11) is 3.59. The molecular weight excluding hydrogens is 1020 g/mol. The van der Waals surface area contributed by atoms with E-state index >= 15 is 8.78 Å². The van der Waals surface area contributed by atoms with E-state index in [2.05, 4.69) is 68.3 Å². The van der Waals surface area contributed by atoms with E-state index in [1.165, 1.54) is 30.5 Å². The lowest BCUT2D eigenvalue weighted by molar-refractivity contribution is -0.136. The Labute approximate surface area is 462 Å². The predicted octanol–water partition coefficient (Wildman–Crippen LogP) is 8.33. The minimum Gasteiger partial charge on any atom is -0.468 e. The average Bonchev–Trinajstić information content (AvgIpc) is 3.90. The smallest absolute Gasteiger partial charge is 0.410 e. The molecule has 1 unspecified atom stereocenters. The summed E-state index contributed by atoms with van der Waals surface area (Å²) in [5.41, 5.74) is 4.15. The van der Waals surface area contributed by atoms with Gasteiger partial charge in [-0.25, -0.2) is 13.6 Å². The maximum Gasteiger partial charge on any atom is 0.410 e. The number of carbonyl (C=O) groups is 4. The molecule has 17 nitrogen and oxygen atoms in total. The maximum absolute atomic E-state index is 17.7. The molecule has 0 spiro atoms. The molecule has 1 saturated carbocycles. The first-order valence-corrected chi connectivity index (χ1v) is 27.4. The number of carbonyl (C=O) groups excluding carboxylic acids is 4. The van der Waals surface area contributed by atoms with Gasteiger partial charge in [0.1, 0.15) is 40.2 Å². The summed E-state index contributed by atoms with van der Waals surface area (Å²) >= 11 is 0. The zero-order valence-electron chi connectivity index (χ0n) is 45.5. The van der Waals surface area contributed by atoms with Crippen molar-refractivity contribution in [3.63, 3.8) is 0 Å². The fraction of sp³-hybridized carbons (Fsp3) is 0.426. The van der Waals surface area contributed by atoms with Crippen molar-refractivity contribution in [2.24, 2.45) is 5.41 Å². The highest BCUT2D eigenvalue weighted by atomic mass is 19.1. The van der Waals surface area contributed by atoms with Gasteiger partial charge in [0.15, 0.2) is 12.6 Å². The molecule has 6 aromatic rings. The number of piperazine rings is 1. The monoisotopic (exact) mass is 1090 g/mol. The second-order valence-corrected chi connectivity index (χ2v) is 23.4. The first-order valence-electron chi connectivity index (χ1n) is 27.4. The van der Waals surface area contributed by atoms with E-state index in [-0.39, 0.29) is 77.0 Å². The Morgan fingerprint density at radius 2 is 1.68 bits per heavy atom. The molecule has 414 valence electrons. The van der Waals surface area contributed by atoms with Gasteiger partial charge in [0.05, 0.1) is 29.6 Å². The molecule has 2 aromatic heterocycles. The van der Waals surface area contributed by atoms with Gasteiger partial charge in [0, 0.05) is 99.1 Å². The summed E-state index contributed by atoms with van der Waals surface area (Å²) in [6.07, 6.45) is 11.0. The van der Waals surface area contributed by atoms with Crippen molar-refractivity contribution in [3.8, 4) is 35.4 Å². The van der Waals surface area contributed by atoms with Gasteiger partial charge >= 0.3 is 12.1 Å². The van der Waals surface area contributed by atoms with Crippen LogP contribution in [0.1, 0.15) is 97.8 Å². The second kappa shape index (κ2) is 20.6. The third-order valence-electron chi connectivity index (χ3n) is 16.5. The lowest BCUT2D eigenvalue weighted by Gasteiger charge is -2.42. The zero-order valence-corrected chi connectivity index (χ0v) is 45.5. The van der Waals surface area contributed by atoms with Crippen LogP contribution in [0.2, 0.25) is 0 Å². The van der Waals surface area contributed by atoms with Crippen LogP contribution in [0.15, 0.2) is 72.9 Å². The van der Waals surface area contributed by atoms with Crippen molar-refractivity contribution in [1.82, 2.24) is 35.0 Å². The van der Waals surface area contributed by atoms with Gasteiger partial charge in [0.25, 0.3) is 5.91 Å². The molecule has 7 heterocycles. The lowest BCUT2D eigenvalue weighted by atomic mass is 9.90. The van der Waals surface area contributed by atoms with Gasteiger partial charge < -0.3 is 38.5 Å². The summed E-state index contributed by atoms with van der Waals surface area (Å²) in [6, 6.07) is 19.8. The van der Waals surface area contributed by atoms with Crippen LogP contribution >= 0.6 is 0 Å². The second-order valence-electron chi connectivity index (χ2n) is 23.4. The van der Waals surface area contributed by atoms with Crippen molar-refractivity contribution >= 4 is 57.0 Å². The highest BCUT2D eigenvalue weighted by Crippen LogP contribution is 2.47. The summed E-state index contributed by atoms with van der Waals surface area (Å²) in [5, 5.41) is 3.53. The van der Waals surface area contributed by atoms with E-state index in [0.717, 1.165) is 63.1 Å². The van der Waals surface area contributed by atoms with Crippen LogP contribution in [0.4, 0.5) is 25.1 Å². The average molecular weight is 1090 g/mol. The molecule has 0 radical (unpaired) electrons. The Balaban J connectivity index is 0.745. The number of imide groups is 1. The summed E-state index contributed by atoms with van der Waals surface area (Å²) in [4.78, 5) is 75.5. The van der Waals surface area contributed by atoms with Crippen molar-refractivity contribution in [2.45, 2.75) is 102 Å². The molecule has 1 N–H and O–H groups in total. The van der Waals surface area contributed by atoms with Crippen molar-refractivity contribution in [1.29, 1.82) is 0 Å². The Morgan fingerprint density at radius 3 is 2.38 bits per heavy atom. The highest BCUT2D eigenvalue weighted by Gasteiger charge is 2.47. The number of rotatable bonds is 15. The van der Waals surface area contributed by atoms with Crippen LogP contribution in [0.5, 0.6) is 11.8 Å². The van der Waals surface area contributed by atoms with Gasteiger partial charge in [-0.3, -0.25) is 29.6 Å². The number of hydrogen-bond acceptors (Lipinski definition) is 14. The Hall–Kier alpha value is -7.95. The standard InChI is InChI=1S/C61H63F2N9O8/c1-7-44-48(62)17-12-37-23-43(79-34-77-6)24-46(51(37)44)53-52(63)54-47(25-64-53)55(70-30-41-13-14-42(31-70)72(41)59(76)80-60(2,3)4)67-58(66-54)78-33-61(20-21-61)32-68(5)26-35-8-10-36(11-9-35)39-27-69(28-39)40-15-16-45-38(22-40)29-71(57(45)75)49-18-19-50(73)65-56(49)74/h1,8-12,15-17,22-25,39,41-42,49H,13-14,18-21,26-34H2,2-6H3,(H,65,73,74)/t41-,42+,49?. The van der Waals surface area contributed by atoms with Gasteiger partial charge in [-0.2, -0.15) is 9.97 Å². The fourth-order valence-electron chi connectivity index (χ4n) is 12.4. The molecule has 4 amide bonds. The fourth-order valence-corrected chi connectivity index (χ4v) is 12.4. The first-order chi connectivity index (χ1) is 38.4. The largest absolute Gasteiger partial charge is 0.468 e. The molecule has 1 aliphatic carbocycles. The SMILES string of the molecule is C#Cc1c(F)ccc2cc(OCOC)cc(-c3ncc4c(N5C[C@H]6CC[C@@H](C5)N6C(=O)OC(C)(C)C)nc(OCC5(CN(C)Cc6ccc(C7CN(c8ccc9c(c8)CN(C8CCC(=O)NC8=O)C9=O)C7)cc6)CC5)nc4c3F)c12. The molecule has 5 aliphatic heterocycles. The molecule has 4 saturated heterocycles. The normalized spacial score (nSPS) is 20.5. The van der Waals surface area contributed by atoms with E-state index in [9.17, 15) is 19.2 Å². The number of nitrogens with zero attached hydrogens (tertiary/aromatic N) is 8. The van der Waals surface area contributed by atoms with E-state index < -0.39 is 29.2 Å². The molecular formula is C61H63F2N9O8. The number of benzene rings is 4. The highest BCUT2D eigenvalue weighted by molar-refractivity contribution is 6.06. The number of hydrogen-bond donors (Lipinski definition) is 1. The number of ether oxygens (including phenoxy) is 4. The van der Waals surface area contributed by atoms with Gasteiger partial charge in [-0.15, -0.1) is 6.42 Å². The molecule has 19 heteroatoms. The number of fused-ring (bicyclic) bond motifs is 5. The van der Waals surface area contributed by atoms with Crippen LogP contribution < -0.4 is 24.6 Å². The number of piperidine rings is 1. The maximum atomic E-state index is 17.7. The van der Waals surface area contributed by atoms with E-state index in [1.807, 2.05) is 37.8 Å². The minimum absolute atomic E-state index is 0.00430. The van der Waals surface area contributed by atoms with Crippen molar-refractivity contribution < 1.29 is 46.9 Å². The third-order valence-corrected chi connectivity index (χ3v) is 16.5. The molecule has 80 heavy (non-hydrogen) atoms. The van der Waals surface area contributed by atoms with E-state index in [0.29, 0.717) is 71.9 Å². The number of amides is 4. The Morgan fingerprint density at radius 1 is 0.912 bits per heavy atom. The summed E-state index contributed by atoms with van der Waals surface area (Å²) < 4.78 is 56.4.